The standard InChI is InChI=1S/C10H11FN2O/c1-6(14)10(13)7-2-3-9(11)8(4-7)5-12/h2-4,6,10,14H,13H2,1H3/t6-,10-/m0/s1. The molecule has 0 aliphatic carbocycles. The number of aliphatic hydroxyl groups excluding tert-OH is 1. The van der Waals surface area contributed by atoms with Crippen molar-refractivity contribution in [3.63, 3.8) is 0 Å². The molecule has 74 valence electrons. The monoisotopic (exact) mass is 194 g/mol. The molecular formula is C10H11FN2O. The summed E-state index contributed by atoms with van der Waals surface area (Å²) in [6, 6.07) is 5.12. The van der Waals surface area contributed by atoms with Crippen LogP contribution in [-0.4, -0.2) is 11.2 Å². The lowest BCUT2D eigenvalue weighted by Gasteiger charge is -2.15. The Kier molecular flexibility index (Phi) is 3.18. The van der Waals surface area contributed by atoms with Gasteiger partial charge in [0.25, 0.3) is 0 Å². The van der Waals surface area contributed by atoms with Crippen molar-refractivity contribution in [2.45, 2.75) is 19.1 Å². The van der Waals surface area contributed by atoms with E-state index in [1.54, 1.807) is 13.0 Å². The molecule has 0 unspecified atom stereocenters. The Morgan fingerprint density at radius 3 is 2.71 bits per heavy atom. The fourth-order valence-corrected chi connectivity index (χ4v) is 1.11. The van der Waals surface area contributed by atoms with Crippen molar-refractivity contribution in [2.24, 2.45) is 5.73 Å². The molecule has 0 aromatic heterocycles. The maximum atomic E-state index is 12.9. The molecule has 0 fully saturated rings. The molecule has 0 radical (unpaired) electrons. The van der Waals surface area contributed by atoms with E-state index in [0.717, 1.165) is 0 Å². The maximum Gasteiger partial charge on any atom is 0.140 e. The van der Waals surface area contributed by atoms with Crippen LogP contribution in [0.25, 0.3) is 0 Å². The smallest absolute Gasteiger partial charge is 0.140 e. The van der Waals surface area contributed by atoms with Crippen molar-refractivity contribution < 1.29 is 9.50 Å². The van der Waals surface area contributed by atoms with E-state index >= 15 is 0 Å². The van der Waals surface area contributed by atoms with Crippen LogP contribution in [0.5, 0.6) is 0 Å². The lowest BCUT2D eigenvalue weighted by Crippen LogP contribution is -2.23. The molecule has 0 aliphatic heterocycles. The number of benzene rings is 1. The molecule has 14 heavy (non-hydrogen) atoms. The number of halogens is 1. The van der Waals surface area contributed by atoms with Crippen molar-refractivity contribution >= 4 is 0 Å². The molecule has 2 atom stereocenters. The summed E-state index contributed by atoms with van der Waals surface area (Å²) in [7, 11) is 0. The molecule has 1 rings (SSSR count). The highest BCUT2D eigenvalue weighted by Crippen LogP contribution is 2.17. The highest BCUT2D eigenvalue weighted by atomic mass is 19.1. The first-order valence-electron chi connectivity index (χ1n) is 4.19. The molecule has 0 heterocycles. The predicted octanol–water partition coefficient (Wildman–Crippen LogP) is 1.08. The third-order valence-corrected chi connectivity index (χ3v) is 2.02. The van der Waals surface area contributed by atoms with E-state index in [4.69, 9.17) is 11.0 Å². The van der Waals surface area contributed by atoms with Crippen LogP contribution < -0.4 is 5.73 Å². The number of rotatable bonds is 2. The number of nitriles is 1. The highest BCUT2D eigenvalue weighted by Gasteiger charge is 2.13. The number of nitrogens with zero attached hydrogens (tertiary/aromatic N) is 1. The lowest BCUT2D eigenvalue weighted by molar-refractivity contribution is 0.164. The summed E-state index contributed by atoms with van der Waals surface area (Å²) < 4.78 is 12.9. The molecule has 0 saturated carbocycles. The van der Waals surface area contributed by atoms with Gasteiger partial charge >= 0.3 is 0 Å². The summed E-state index contributed by atoms with van der Waals surface area (Å²) in [5.41, 5.74) is 6.13. The number of hydrogen-bond donors (Lipinski definition) is 2. The molecule has 0 amide bonds. The fourth-order valence-electron chi connectivity index (χ4n) is 1.11. The zero-order valence-electron chi connectivity index (χ0n) is 7.74. The Hall–Kier alpha value is -1.44. The average molecular weight is 194 g/mol. The number of aliphatic hydroxyl groups is 1. The maximum absolute atomic E-state index is 12.9. The predicted molar refractivity (Wildman–Crippen MR) is 49.7 cm³/mol. The van der Waals surface area contributed by atoms with E-state index < -0.39 is 18.0 Å². The van der Waals surface area contributed by atoms with Crippen molar-refractivity contribution in [2.75, 3.05) is 0 Å². The van der Waals surface area contributed by atoms with Gasteiger partial charge in [0.15, 0.2) is 0 Å². The van der Waals surface area contributed by atoms with Crippen LogP contribution in [0, 0.1) is 17.1 Å². The zero-order valence-corrected chi connectivity index (χ0v) is 7.74. The third-order valence-electron chi connectivity index (χ3n) is 2.02. The molecular weight excluding hydrogens is 183 g/mol. The van der Waals surface area contributed by atoms with E-state index in [2.05, 4.69) is 0 Å². The number of hydrogen-bond acceptors (Lipinski definition) is 3. The molecule has 3 N–H and O–H groups in total. The van der Waals surface area contributed by atoms with Gasteiger partial charge in [0.05, 0.1) is 17.7 Å². The van der Waals surface area contributed by atoms with Crippen LogP contribution >= 0.6 is 0 Å². The quantitative estimate of drug-likeness (QED) is 0.740. The average Bonchev–Trinajstić information content (AvgIpc) is 2.17. The second kappa shape index (κ2) is 4.18. The molecule has 0 spiro atoms. The molecule has 0 saturated heterocycles. The van der Waals surface area contributed by atoms with Crippen molar-refractivity contribution in [3.05, 3.63) is 35.1 Å². The Morgan fingerprint density at radius 2 is 2.21 bits per heavy atom. The van der Waals surface area contributed by atoms with Crippen LogP contribution in [0.2, 0.25) is 0 Å². The minimum Gasteiger partial charge on any atom is -0.391 e. The Bertz CT molecular complexity index is 371. The summed E-state index contributed by atoms with van der Waals surface area (Å²) in [5, 5.41) is 17.8. The van der Waals surface area contributed by atoms with Gasteiger partial charge in [-0.05, 0) is 24.6 Å². The first-order chi connectivity index (χ1) is 6.56. The zero-order chi connectivity index (χ0) is 10.7. The van der Waals surface area contributed by atoms with Crippen molar-refractivity contribution in [3.8, 4) is 6.07 Å². The van der Waals surface area contributed by atoms with Crippen LogP contribution in [0.15, 0.2) is 18.2 Å². The van der Waals surface area contributed by atoms with E-state index in [0.29, 0.717) is 5.56 Å². The van der Waals surface area contributed by atoms with E-state index in [1.807, 2.05) is 0 Å². The lowest BCUT2D eigenvalue weighted by atomic mass is 10.0. The van der Waals surface area contributed by atoms with Crippen LogP contribution in [0.3, 0.4) is 0 Å². The first-order valence-corrected chi connectivity index (χ1v) is 4.19. The van der Waals surface area contributed by atoms with Gasteiger partial charge in [-0.2, -0.15) is 5.26 Å². The largest absolute Gasteiger partial charge is 0.391 e. The minimum absolute atomic E-state index is 0.0569. The van der Waals surface area contributed by atoms with E-state index in [9.17, 15) is 9.50 Å². The van der Waals surface area contributed by atoms with Gasteiger partial charge in [0, 0.05) is 0 Å². The molecule has 0 aliphatic rings. The second-order valence-electron chi connectivity index (χ2n) is 3.12. The van der Waals surface area contributed by atoms with Gasteiger partial charge in [-0.1, -0.05) is 6.07 Å². The van der Waals surface area contributed by atoms with Crippen molar-refractivity contribution in [1.82, 2.24) is 0 Å². The van der Waals surface area contributed by atoms with Crippen LogP contribution in [0.4, 0.5) is 4.39 Å². The first kappa shape index (κ1) is 10.6. The van der Waals surface area contributed by atoms with Crippen molar-refractivity contribution in [1.29, 1.82) is 5.26 Å². The topological polar surface area (TPSA) is 70.0 Å². The normalized spacial score (nSPS) is 14.5. The molecule has 3 nitrogen and oxygen atoms in total. The number of nitrogens with two attached hydrogens (primary N) is 1. The van der Waals surface area contributed by atoms with Crippen LogP contribution in [0.1, 0.15) is 24.1 Å². The second-order valence-corrected chi connectivity index (χ2v) is 3.12. The van der Waals surface area contributed by atoms with Crippen LogP contribution in [-0.2, 0) is 0 Å². The molecule has 4 heteroatoms. The van der Waals surface area contributed by atoms with Gasteiger partial charge in [-0.25, -0.2) is 4.39 Å². The Balaban J connectivity index is 3.08. The van der Waals surface area contributed by atoms with Gasteiger partial charge in [-0.3, -0.25) is 0 Å². The third kappa shape index (κ3) is 2.08. The van der Waals surface area contributed by atoms with Gasteiger partial charge < -0.3 is 10.8 Å². The molecule has 1 aromatic carbocycles. The Labute approximate surface area is 81.6 Å². The molecule has 1 aromatic rings. The summed E-state index contributed by atoms with van der Waals surface area (Å²) >= 11 is 0. The SMILES string of the molecule is C[C@H](O)[C@H](N)c1ccc(F)c(C#N)c1. The highest BCUT2D eigenvalue weighted by molar-refractivity contribution is 5.35. The van der Waals surface area contributed by atoms with E-state index in [-0.39, 0.29) is 5.56 Å². The van der Waals surface area contributed by atoms with E-state index in [1.165, 1.54) is 18.2 Å². The summed E-state index contributed by atoms with van der Waals surface area (Å²) in [5.74, 6) is -0.575. The van der Waals surface area contributed by atoms with Gasteiger partial charge in [-0.15, -0.1) is 0 Å². The summed E-state index contributed by atoms with van der Waals surface area (Å²) in [6.45, 7) is 1.54. The molecule has 0 bridgehead atoms. The van der Waals surface area contributed by atoms with Gasteiger partial charge in [0.1, 0.15) is 11.9 Å². The summed E-state index contributed by atoms with van der Waals surface area (Å²) in [4.78, 5) is 0. The minimum atomic E-state index is -0.730. The Morgan fingerprint density at radius 1 is 1.57 bits per heavy atom. The summed E-state index contributed by atoms with van der Waals surface area (Å²) in [6.07, 6.45) is -0.730. The fraction of sp³-hybridized carbons (Fsp3) is 0.300. The van der Waals surface area contributed by atoms with Gasteiger partial charge in [0.2, 0.25) is 0 Å².